The normalized spacial score (nSPS) is 23.5. The lowest BCUT2D eigenvalue weighted by Crippen LogP contribution is -2.23. The molecule has 3 rings (SSSR count). The van der Waals surface area contributed by atoms with E-state index in [4.69, 9.17) is 4.74 Å². The Labute approximate surface area is 149 Å². The number of pyridine rings is 1. The second kappa shape index (κ2) is 8.11. The van der Waals surface area contributed by atoms with Gasteiger partial charge in [0.1, 0.15) is 6.61 Å². The predicted molar refractivity (Wildman–Crippen MR) is 99.4 cm³/mol. The van der Waals surface area contributed by atoms with Crippen molar-refractivity contribution >= 4 is 5.97 Å². The van der Waals surface area contributed by atoms with E-state index in [2.05, 4.69) is 30.1 Å². The molecule has 3 heteroatoms. The van der Waals surface area contributed by atoms with Crippen LogP contribution in [-0.4, -0.2) is 17.6 Å². The molecule has 0 N–H and O–H groups in total. The minimum Gasteiger partial charge on any atom is -0.458 e. The first kappa shape index (κ1) is 17.4. The van der Waals surface area contributed by atoms with E-state index in [0.29, 0.717) is 18.1 Å². The molecule has 1 aromatic heterocycles. The van der Waals surface area contributed by atoms with Gasteiger partial charge < -0.3 is 4.74 Å². The Morgan fingerprint density at radius 1 is 1.24 bits per heavy atom. The van der Waals surface area contributed by atoms with Gasteiger partial charge in [0, 0.05) is 17.8 Å². The number of benzene rings is 1. The molecule has 1 aromatic carbocycles. The molecular weight excluding hydrogens is 310 g/mol. The fourth-order valence-electron chi connectivity index (χ4n) is 3.65. The van der Waals surface area contributed by atoms with Crippen LogP contribution < -0.4 is 0 Å². The number of rotatable bonds is 5. The fraction of sp³-hybridized carbons (Fsp3) is 0.364. The molecule has 0 aliphatic heterocycles. The molecule has 2 aromatic rings. The van der Waals surface area contributed by atoms with Gasteiger partial charge in [-0.15, -0.1) is 0 Å². The van der Waals surface area contributed by atoms with Gasteiger partial charge in [-0.1, -0.05) is 49.8 Å². The van der Waals surface area contributed by atoms with E-state index in [1.807, 2.05) is 36.5 Å². The summed E-state index contributed by atoms with van der Waals surface area (Å²) in [6.45, 7) is 2.61. The number of carbonyl (C=O) groups excluding carboxylic acids is 1. The van der Waals surface area contributed by atoms with E-state index in [1.54, 1.807) is 12.1 Å². The largest absolute Gasteiger partial charge is 0.458 e. The van der Waals surface area contributed by atoms with Crippen LogP contribution in [0.3, 0.4) is 0 Å². The van der Waals surface area contributed by atoms with Crippen molar-refractivity contribution in [2.75, 3.05) is 6.61 Å². The first-order chi connectivity index (χ1) is 12.2. The van der Waals surface area contributed by atoms with Crippen LogP contribution in [0.1, 0.15) is 54.6 Å². The number of hydrogen-bond donors (Lipinski definition) is 0. The van der Waals surface area contributed by atoms with Crippen LogP contribution in [0.4, 0.5) is 0 Å². The topological polar surface area (TPSA) is 39.2 Å². The smallest absolute Gasteiger partial charge is 0.338 e. The van der Waals surface area contributed by atoms with Gasteiger partial charge in [-0.25, -0.2) is 4.79 Å². The molecule has 2 unspecified atom stereocenters. The van der Waals surface area contributed by atoms with Crippen LogP contribution in [0.5, 0.6) is 0 Å². The Hall–Kier alpha value is -2.42. The van der Waals surface area contributed by atoms with Crippen LogP contribution in [0.15, 0.2) is 66.9 Å². The molecule has 1 saturated carbocycles. The molecule has 2 atom stereocenters. The van der Waals surface area contributed by atoms with E-state index in [0.717, 1.165) is 6.42 Å². The molecular formula is C22H25NO2. The van der Waals surface area contributed by atoms with Gasteiger partial charge in [0.2, 0.25) is 0 Å². The summed E-state index contributed by atoms with van der Waals surface area (Å²) in [4.78, 5) is 16.5. The number of allylic oxidation sites excluding steroid dienone is 1. The molecule has 1 heterocycles. The average molecular weight is 335 g/mol. The molecule has 1 aliphatic carbocycles. The molecule has 25 heavy (non-hydrogen) atoms. The van der Waals surface area contributed by atoms with Crippen molar-refractivity contribution < 1.29 is 9.53 Å². The minimum absolute atomic E-state index is 0.138. The van der Waals surface area contributed by atoms with E-state index in [9.17, 15) is 4.79 Å². The molecule has 3 nitrogen and oxygen atoms in total. The Bertz CT molecular complexity index is 711. The molecule has 1 aliphatic rings. The molecule has 0 bridgehead atoms. The van der Waals surface area contributed by atoms with Gasteiger partial charge in [-0.2, -0.15) is 0 Å². The van der Waals surface area contributed by atoms with Crippen LogP contribution in [0.25, 0.3) is 0 Å². The summed E-state index contributed by atoms with van der Waals surface area (Å²) in [7, 11) is 0. The third kappa shape index (κ3) is 4.79. The fourth-order valence-corrected chi connectivity index (χ4v) is 3.65. The van der Waals surface area contributed by atoms with Crippen LogP contribution in [-0.2, 0) is 4.74 Å². The summed E-state index contributed by atoms with van der Waals surface area (Å²) in [5.74, 6) is 0.238. The zero-order chi connectivity index (χ0) is 17.5. The minimum atomic E-state index is -0.273. The Balaban J connectivity index is 1.54. The van der Waals surface area contributed by atoms with Gasteiger partial charge in [0.25, 0.3) is 0 Å². The first-order valence-corrected chi connectivity index (χ1v) is 8.97. The standard InChI is InChI=1S/C22H25NO2/c1-22(13-7-11-19(17-22)20-12-5-6-15-23-20)14-8-16-25-21(24)18-9-3-2-4-10-18/h2-6,8-10,12,14-15,19H,7,11,13,16-17H2,1H3/b14-8+. The van der Waals surface area contributed by atoms with E-state index >= 15 is 0 Å². The molecule has 0 saturated heterocycles. The summed E-state index contributed by atoms with van der Waals surface area (Å²) in [5, 5.41) is 0. The van der Waals surface area contributed by atoms with Gasteiger partial charge in [0.05, 0.1) is 5.56 Å². The van der Waals surface area contributed by atoms with E-state index in [-0.39, 0.29) is 11.4 Å². The van der Waals surface area contributed by atoms with Gasteiger partial charge >= 0.3 is 5.97 Å². The number of aromatic nitrogens is 1. The van der Waals surface area contributed by atoms with Gasteiger partial charge in [0.15, 0.2) is 0 Å². The number of ether oxygens (including phenoxy) is 1. The Morgan fingerprint density at radius 2 is 2.04 bits per heavy atom. The second-order valence-corrected chi connectivity index (χ2v) is 7.07. The monoisotopic (exact) mass is 335 g/mol. The lowest BCUT2D eigenvalue weighted by Gasteiger charge is -2.35. The highest BCUT2D eigenvalue weighted by molar-refractivity contribution is 5.89. The number of nitrogens with zero attached hydrogens (tertiary/aromatic N) is 1. The van der Waals surface area contributed by atoms with Crippen molar-refractivity contribution in [2.45, 2.75) is 38.5 Å². The molecule has 0 radical (unpaired) electrons. The lowest BCUT2D eigenvalue weighted by atomic mass is 9.70. The maximum absolute atomic E-state index is 11.9. The van der Waals surface area contributed by atoms with Crippen molar-refractivity contribution in [3.05, 3.63) is 78.1 Å². The Morgan fingerprint density at radius 3 is 2.80 bits per heavy atom. The summed E-state index contributed by atoms with van der Waals surface area (Å²) in [6, 6.07) is 15.3. The van der Waals surface area contributed by atoms with Crippen LogP contribution in [0.2, 0.25) is 0 Å². The average Bonchev–Trinajstić information content (AvgIpc) is 2.66. The maximum atomic E-state index is 11.9. The van der Waals surface area contributed by atoms with Crippen molar-refractivity contribution in [3.8, 4) is 0 Å². The highest BCUT2D eigenvalue weighted by atomic mass is 16.5. The molecule has 1 fully saturated rings. The quantitative estimate of drug-likeness (QED) is 0.560. The summed E-state index contributed by atoms with van der Waals surface area (Å²) in [6.07, 6.45) is 10.7. The number of carbonyl (C=O) groups is 1. The van der Waals surface area contributed by atoms with Crippen LogP contribution in [0, 0.1) is 5.41 Å². The van der Waals surface area contributed by atoms with Crippen molar-refractivity contribution in [1.82, 2.24) is 4.98 Å². The van der Waals surface area contributed by atoms with Gasteiger partial charge in [-0.05, 0) is 48.9 Å². The van der Waals surface area contributed by atoms with Crippen LogP contribution >= 0.6 is 0 Å². The van der Waals surface area contributed by atoms with Crippen molar-refractivity contribution in [3.63, 3.8) is 0 Å². The molecule has 0 spiro atoms. The highest BCUT2D eigenvalue weighted by Gasteiger charge is 2.31. The van der Waals surface area contributed by atoms with Crippen molar-refractivity contribution in [2.24, 2.45) is 5.41 Å². The second-order valence-electron chi connectivity index (χ2n) is 7.07. The zero-order valence-corrected chi connectivity index (χ0v) is 14.7. The van der Waals surface area contributed by atoms with E-state index < -0.39 is 0 Å². The zero-order valence-electron chi connectivity index (χ0n) is 14.7. The number of esters is 1. The molecule has 130 valence electrons. The summed E-state index contributed by atoms with van der Waals surface area (Å²) < 4.78 is 5.34. The maximum Gasteiger partial charge on any atom is 0.338 e. The lowest BCUT2D eigenvalue weighted by molar-refractivity contribution is 0.0548. The third-order valence-electron chi connectivity index (χ3n) is 4.96. The third-order valence-corrected chi connectivity index (χ3v) is 4.96. The first-order valence-electron chi connectivity index (χ1n) is 8.97. The van der Waals surface area contributed by atoms with Crippen molar-refractivity contribution in [1.29, 1.82) is 0 Å². The van der Waals surface area contributed by atoms with Gasteiger partial charge in [-0.3, -0.25) is 4.98 Å². The Kier molecular flexibility index (Phi) is 5.64. The summed E-state index contributed by atoms with van der Waals surface area (Å²) >= 11 is 0. The van der Waals surface area contributed by atoms with E-state index in [1.165, 1.54) is 25.0 Å². The summed E-state index contributed by atoms with van der Waals surface area (Å²) in [5.41, 5.74) is 1.92. The SMILES string of the molecule is CC1(/C=C/COC(=O)c2ccccc2)CCCC(c2ccccn2)C1. The highest BCUT2D eigenvalue weighted by Crippen LogP contribution is 2.44. The predicted octanol–water partition coefficient (Wildman–Crippen LogP) is 5.16. The number of hydrogen-bond acceptors (Lipinski definition) is 3. The molecule has 0 amide bonds.